The van der Waals surface area contributed by atoms with Gasteiger partial charge in [0.1, 0.15) is 17.6 Å². The molecule has 6 heteroatoms. The van der Waals surface area contributed by atoms with E-state index in [4.69, 9.17) is 0 Å². The lowest BCUT2D eigenvalue weighted by atomic mass is 10.2. The van der Waals surface area contributed by atoms with Gasteiger partial charge in [-0.1, -0.05) is 0 Å². The lowest BCUT2D eigenvalue weighted by molar-refractivity contribution is -0.145. The fourth-order valence-corrected chi connectivity index (χ4v) is 2.04. The third kappa shape index (κ3) is 2.32. The molecule has 2 rings (SSSR count). The average Bonchev–Trinajstić information content (AvgIpc) is 2.87. The predicted molar refractivity (Wildman–Crippen MR) is 60.3 cm³/mol. The second kappa shape index (κ2) is 5.12. The van der Waals surface area contributed by atoms with Crippen LogP contribution in [0.5, 0.6) is 0 Å². The monoisotopic (exact) mass is 252 g/mol. The minimum Gasteiger partial charge on any atom is -0.467 e. The Morgan fingerprint density at radius 3 is 2.89 bits per heavy atom. The third-order valence-corrected chi connectivity index (χ3v) is 2.93. The van der Waals surface area contributed by atoms with Crippen molar-refractivity contribution in [2.24, 2.45) is 0 Å². The molecule has 2 heterocycles. The Morgan fingerprint density at radius 2 is 2.28 bits per heavy atom. The molecule has 0 bridgehead atoms. The molecular formula is C12H13FN2O3. The molecule has 0 spiro atoms. The number of pyridine rings is 1. The van der Waals surface area contributed by atoms with Gasteiger partial charge in [0.25, 0.3) is 5.91 Å². The average molecular weight is 252 g/mol. The number of amides is 1. The van der Waals surface area contributed by atoms with E-state index in [-0.39, 0.29) is 11.6 Å². The van der Waals surface area contributed by atoms with Crippen molar-refractivity contribution in [3.8, 4) is 0 Å². The van der Waals surface area contributed by atoms with Crippen molar-refractivity contribution in [3.05, 3.63) is 29.8 Å². The van der Waals surface area contributed by atoms with E-state index in [1.165, 1.54) is 24.1 Å². The van der Waals surface area contributed by atoms with E-state index in [2.05, 4.69) is 9.72 Å². The normalized spacial score (nSPS) is 18.8. The Hall–Kier alpha value is -1.98. The number of methoxy groups -OCH3 is 1. The van der Waals surface area contributed by atoms with E-state index >= 15 is 0 Å². The van der Waals surface area contributed by atoms with Gasteiger partial charge in [-0.05, 0) is 25.0 Å². The SMILES string of the molecule is COC(=O)C1CCCN1C(=O)c1ccc(F)cn1. The zero-order chi connectivity index (χ0) is 13.1. The molecule has 96 valence electrons. The second-order valence-electron chi connectivity index (χ2n) is 4.04. The molecule has 1 fully saturated rings. The third-order valence-electron chi connectivity index (χ3n) is 2.93. The number of hydrogen-bond acceptors (Lipinski definition) is 4. The first-order chi connectivity index (χ1) is 8.63. The minimum absolute atomic E-state index is 0.132. The fraction of sp³-hybridized carbons (Fsp3) is 0.417. The summed E-state index contributed by atoms with van der Waals surface area (Å²) in [6.45, 7) is 0.484. The summed E-state index contributed by atoms with van der Waals surface area (Å²) in [5, 5.41) is 0. The lowest BCUT2D eigenvalue weighted by Crippen LogP contribution is -2.41. The largest absolute Gasteiger partial charge is 0.467 e. The van der Waals surface area contributed by atoms with E-state index in [1.54, 1.807) is 0 Å². The summed E-state index contributed by atoms with van der Waals surface area (Å²) < 4.78 is 17.4. The number of ether oxygens (including phenoxy) is 1. The van der Waals surface area contributed by atoms with E-state index in [0.29, 0.717) is 13.0 Å². The molecule has 1 aromatic heterocycles. The molecule has 1 aliphatic rings. The smallest absolute Gasteiger partial charge is 0.328 e. The summed E-state index contributed by atoms with van der Waals surface area (Å²) >= 11 is 0. The molecule has 0 N–H and O–H groups in total. The van der Waals surface area contributed by atoms with Crippen molar-refractivity contribution in [1.82, 2.24) is 9.88 Å². The fourth-order valence-electron chi connectivity index (χ4n) is 2.04. The zero-order valence-corrected chi connectivity index (χ0v) is 9.93. The summed E-state index contributed by atoms with van der Waals surface area (Å²) in [4.78, 5) is 28.8. The maximum Gasteiger partial charge on any atom is 0.328 e. The zero-order valence-electron chi connectivity index (χ0n) is 9.93. The minimum atomic E-state index is -0.561. The van der Waals surface area contributed by atoms with E-state index in [1.807, 2.05) is 0 Å². The molecule has 5 nitrogen and oxygen atoms in total. The molecule has 1 aliphatic heterocycles. The van der Waals surface area contributed by atoms with Crippen LogP contribution in [0.15, 0.2) is 18.3 Å². The van der Waals surface area contributed by atoms with Crippen molar-refractivity contribution in [3.63, 3.8) is 0 Å². The summed E-state index contributed by atoms with van der Waals surface area (Å²) in [7, 11) is 1.29. The Bertz CT molecular complexity index is 461. The van der Waals surface area contributed by atoms with Crippen molar-refractivity contribution in [2.45, 2.75) is 18.9 Å². The molecule has 1 aromatic rings. The lowest BCUT2D eigenvalue weighted by Gasteiger charge is -2.22. The van der Waals surface area contributed by atoms with Crippen LogP contribution in [0.2, 0.25) is 0 Å². The molecule has 1 atom stereocenters. The molecular weight excluding hydrogens is 239 g/mol. The van der Waals surface area contributed by atoms with Crippen LogP contribution in [0.3, 0.4) is 0 Å². The number of esters is 1. The number of likely N-dealkylation sites (tertiary alicyclic amines) is 1. The highest BCUT2D eigenvalue weighted by atomic mass is 19.1. The summed E-state index contributed by atoms with van der Waals surface area (Å²) in [6.07, 6.45) is 2.31. The summed E-state index contributed by atoms with van der Waals surface area (Å²) in [6, 6.07) is 1.92. The van der Waals surface area contributed by atoms with Gasteiger partial charge in [-0.2, -0.15) is 0 Å². The number of nitrogens with zero attached hydrogens (tertiary/aromatic N) is 2. The van der Waals surface area contributed by atoms with Crippen molar-refractivity contribution >= 4 is 11.9 Å². The number of carbonyl (C=O) groups is 2. The van der Waals surface area contributed by atoms with Gasteiger partial charge in [0.2, 0.25) is 0 Å². The Morgan fingerprint density at radius 1 is 1.50 bits per heavy atom. The number of halogens is 1. The van der Waals surface area contributed by atoms with Crippen LogP contribution in [0.25, 0.3) is 0 Å². The molecule has 0 radical (unpaired) electrons. The first-order valence-corrected chi connectivity index (χ1v) is 5.64. The van der Waals surface area contributed by atoms with Gasteiger partial charge in [-0.25, -0.2) is 14.2 Å². The van der Waals surface area contributed by atoms with Crippen molar-refractivity contribution in [2.75, 3.05) is 13.7 Å². The highest BCUT2D eigenvalue weighted by Gasteiger charge is 2.35. The van der Waals surface area contributed by atoms with Crippen LogP contribution < -0.4 is 0 Å². The van der Waals surface area contributed by atoms with Crippen molar-refractivity contribution < 1.29 is 18.7 Å². The molecule has 18 heavy (non-hydrogen) atoms. The molecule has 1 saturated heterocycles. The van der Waals surface area contributed by atoms with E-state index in [0.717, 1.165) is 12.6 Å². The number of aromatic nitrogens is 1. The Labute approximate surface area is 104 Å². The Kier molecular flexibility index (Phi) is 3.55. The Balaban J connectivity index is 2.17. The van der Waals surface area contributed by atoms with Gasteiger partial charge < -0.3 is 9.64 Å². The standard InChI is InChI=1S/C12H13FN2O3/c1-18-12(17)10-3-2-6-15(10)11(16)9-5-4-8(13)7-14-9/h4-5,7,10H,2-3,6H2,1H3. The van der Waals surface area contributed by atoms with Crippen LogP contribution in [0.4, 0.5) is 4.39 Å². The maximum absolute atomic E-state index is 12.7. The quantitative estimate of drug-likeness (QED) is 0.737. The number of hydrogen-bond donors (Lipinski definition) is 0. The van der Waals surface area contributed by atoms with Crippen LogP contribution >= 0.6 is 0 Å². The second-order valence-corrected chi connectivity index (χ2v) is 4.04. The summed E-state index contributed by atoms with van der Waals surface area (Å²) in [5.74, 6) is -1.30. The van der Waals surface area contributed by atoms with Gasteiger partial charge in [0, 0.05) is 6.54 Å². The van der Waals surface area contributed by atoms with E-state index < -0.39 is 17.8 Å². The maximum atomic E-state index is 12.7. The summed E-state index contributed by atoms with van der Waals surface area (Å²) in [5.41, 5.74) is 0.132. The molecule has 1 unspecified atom stereocenters. The topological polar surface area (TPSA) is 59.5 Å². The highest BCUT2D eigenvalue weighted by Crippen LogP contribution is 2.20. The van der Waals surface area contributed by atoms with Crippen molar-refractivity contribution in [1.29, 1.82) is 0 Å². The van der Waals surface area contributed by atoms with Gasteiger partial charge in [-0.15, -0.1) is 0 Å². The first-order valence-electron chi connectivity index (χ1n) is 5.64. The van der Waals surface area contributed by atoms with Crippen LogP contribution in [-0.2, 0) is 9.53 Å². The van der Waals surface area contributed by atoms with Crippen LogP contribution in [-0.4, -0.2) is 41.5 Å². The molecule has 0 aliphatic carbocycles. The number of rotatable bonds is 2. The van der Waals surface area contributed by atoms with Crippen LogP contribution in [0, 0.1) is 5.82 Å². The van der Waals surface area contributed by atoms with Gasteiger partial charge in [0.05, 0.1) is 13.3 Å². The van der Waals surface area contributed by atoms with Gasteiger partial charge in [-0.3, -0.25) is 4.79 Å². The highest BCUT2D eigenvalue weighted by molar-refractivity contribution is 5.95. The van der Waals surface area contributed by atoms with Gasteiger partial charge >= 0.3 is 5.97 Å². The number of carbonyl (C=O) groups excluding carboxylic acids is 2. The predicted octanol–water partition coefficient (Wildman–Crippen LogP) is 0.998. The van der Waals surface area contributed by atoms with Gasteiger partial charge in [0.15, 0.2) is 0 Å². The molecule has 1 amide bonds. The molecule has 0 aromatic carbocycles. The first kappa shape index (κ1) is 12.5. The van der Waals surface area contributed by atoms with Crippen LogP contribution in [0.1, 0.15) is 23.3 Å². The molecule has 0 saturated carbocycles. The van der Waals surface area contributed by atoms with E-state index in [9.17, 15) is 14.0 Å².